The second-order valence-corrected chi connectivity index (χ2v) is 13.8. The molecule has 0 radical (unpaired) electrons. The van der Waals surface area contributed by atoms with Gasteiger partial charge in [0.25, 0.3) is 0 Å². The molecule has 262 valence electrons. The Balaban J connectivity index is 1.38. The van der Waals surface area contributed by atoms with Crippen LogP contribution in [-0.4, -0.2) is 24.9 Å². The molecule has 9 aromatic rings. The summed E-state index contributed by atoms with van der Waals surface area (Å²) in [6.07, 6.45) is 19.1. The highest BCUT2D eigenvalue weighted by Crippen LogP contribution is 2.45. The van der Waals surface area contributed by atoms with Crippen molar-refractivity contribution in [3.05, 3.63) is 182 Å². The van der Waals surface area contributed by atoms with Crippen molar-refractivity contribution in [2.24, 2.45) is 0 Å². The molecule has 0 atom stereocenters. The van der Waals surface area contributed by atoms with Crippen molar-refractivity contribution in [1.82, 2.24) is 24.9 Å². The molecule has 0 fully saturated rings. The Hall–Kier alpha value is -7.11. The second kappa shape index (κ2) is 14.0. The number of aromatic nitrogens is 5. The highest BCUT2D eigenvalue weighted by molar-refractivity contribution is 6.25. The van der Waals surface area contributed by atoms with Crippen molar-refractivity contribution in [3.63, 3.8) is 0 Å². The van der Waals surface area contributed by atoms with Gasteiger partial charge in [0.1, 0.15) is 0 Å². The first-order valence-electron chi connectivity index (χ1n) is 18.5. The van der Waals surface area contributed by atoms with Crippen molar-refractivity contribution < 1.29 is 0 Å². The number of para-hydroxylation sites is 1. The fourth-order valence-electron chi connectivity index (χ4n) is 8.04. The third kappa shape index (κ3) is 5.87. The number of nitrogens with zero attached hydrogens (tertiary/aromatic N) is 5. The largest absolute Gasteiger partial charge is 0.265 e. The van der Waals surface area contributed by atoms with Gasteiger partial charge in [0.05, 0.1) is 22.4 Å². The van der Waals surface area contributed by atoms with E-state index in [0.29, 0.717) is 0 Å². The molecule has 0 aliphatic heterocycles. The lowest BCUT2D eigenvalue weighted by molar-refractivity contribution is 1.31. The summed E-state index contributed by atoms with van der Waals surface area (Å²) in [6, 6.07) is 34.2. The number of hydrogen-bond acceptors (Lipinski definition) is 5. The minimum Gasteiger partial charge on any atom is -0.265 e. The van der Waals surface area contributed by atoms with E-state index >= 15 is 0 Å². The van der Waals surface area contributed by atoms with Gasteiger partial charge in [-0.1, -0.05) is 61.2 Å². The predicted octanol–water partition coefficient (Wildman–Crippen LogP) is 12.7. The lowest BCUT2D eigenvalue weighted by atomic mass is 9.85. The lowest BCUT2D eigenvalue weighted by Crippen LogP contribution is -2.01. The van der Waals surface area contributed by atoms with E-state index in [1.165, 1.54) is 21.9 Å². The highest BCUT2D eigenvalue weighted by atomic mass is 14.7. The second-order valence-electron chi connectivity index (χ2n) is 13.8. The van der Waals surface area contributed by atoms with Crippen LogP contribution in [0.1, 0.15) is 23.7 Å². The first-order chi connectivity index (χ1) is 27.0. The van der Waals surface area contributed by atoms with Crippen LogP contribution in [0, 0.1) is 13.8 Å². The Bertz CT molecular complexity index is 2950. The number of hydrogen-bond donors (Lipinski definition) is 0. The monoisotopic (exact) mass is 707 g/mol. The minimum absolute atomic E-state index is 0.915. The summed E-state index contributed by atoms with van der Waals surface area (Å²) in [4.78, 5) is 23.9. The molecule has 0 N–H and O–H groups in total. The van der Waals surface area contributed by atoms with Crippen LogP contribution in [0.3, 0.4) is 0 Å². The lowest BCUT2D eigenvalue weighted by Gasteiger charge is -2.21. The molecule has 55 heavy (non-hydrogen) atoms. The fourth-order valence-corrected chi connectivity index (χ4v) is 8.04. The maximum atomic E-state index is 5.52. The zero-order valence-electron chi connectivity index (χ0n) is 31.0. The first kappa shape index (κ1) is 33.7. The van der Waals surface area contributed by atoms with E-state index in [-0.39, 0.29) is 0 Å². The molecular formula is C50H37N5. The molecule has 5 heterocycles. The molecule has 0 saturated heterocycles. The van der Waals surface area contributed by atoms with Crippen LogP contribution in [0.2, 0.25) is 0 Å². The van der Waals surface area contributed by atoms with E-state index in [1.807, 2.05) is 55.4 Å². The highest BCUT2D eigenvalue weighted by Gasteiger charge is 2.23. The zero-order valence-corrected chi connectivity index (χ0v) is 31.0. The standard InChI is InChI=1S/C50H37N5/c1-5-7-11-33(6-2)49-47-32(4)46-42-16-15-36(40-27-38(34-17-22-51-23-18-34)26-39(28-40)35-19-24-52-25-20-35)29-44(42)55-50(37-12-10-21-53-30-37)48(46)31(3)45(47)41-13-8-9-14-43(41)54-49/h5-30H,1H2,2-4H3/b11-7-,33-6+. The van der Waals surface area contributed by atoms with E-state index in [9.17, 15) is 0 Å². The maximum Gasteiger partial charge on any atom is 0.0806 e. The summed E-state index contributed by atoms with van der Waals surface area (Å²) in [5.74, 6) is 0. The quantitative estimate of drug-likeness (QED) is 0.0937. The summed E-state index contributed by atoms with van der Waals surface area (Å²) < 4.78 is 0. The molecule has 0 aliphatic carbocycles. The smallest absolute Gasteiger partial charge is 0.0806 e. The molecule has 0 bridgehead atoms. The van der Waals surface area contributed by atoms with Gasteiger partial charge in [-0.3, -0.25) is 15.0 Å². The van der Waals surface area contributed by atoms with Gasteiger partial charge in [0.15, 0.2) is 0 Å². The van der Waals surface area contributed by atoms with E-state index in [4.69, 9.17) is 9.97 Å². The minimum atomic E-state index is 0.915. The summed E-state index contributed by atoms with van der Waals surface area (Å²) >= 11 is 0. The SMILES string of the molecule is C=C/C=C\C(=C/C)c1nc2ccccc2c2c(C)c3c(-c4cccnc4)nc4cc(-c5cc(-c6ccncc6)cc(-c6ccncc6)c5)ccc4c3c(C)c12. The molecular weight excluding hydrogens is 671 g/mol. The average Bonchev–Trinajstić information content (AvgIpc) is 3.25. The molecule has 5 heteroatoms. The van der Waals surface area contributed by atoms with Crippen LogP contribution in [0.25, 0.3) is 93.6 Å². The summed E-state index contributed by atoms with van der Waals surface area (Å²) in [5.41, 5.74) is 14.7. The van der Waals surface area contributed by atoms with Gasteiger partial charge in [-0.15, -0.1) is 0 Å². The number of rotatable bonds is 7. The van der Waals surface area contributed by atoms with E-state index in [2.05, 4.69) is 145 Å². The van der Waals surface area contributed by atoms with E-state index < -0.39 is 0 Å². The number of allylic oxidation sites excluding steroid dienone is 5. The predicted molar refractivity (Wildman–Crippen MR) is 230 cm³/mol. The van der Waals surface area contributed by atoms with Gasteiger partial charge >= 0.3 is 0 Å². The number of fused-ring (bicyclic) bond motifs is 6. The van der Waals surface area contributed by atoms with Crippen molar-refractivity contribution in [2.45, 2.75) is 20.8 Å². The van der Waals surface area contributed by atoms with Crippen LogP contribution < -0.4 is 0 Å². The van der Waals surface area contributed by atoms with Crippen LogP contribution in [0.5, 0.6) is 0 Å². The summed E-state index contributed by atoms with van der Waals surface area (Å²) in [6.45, 7) is 10.5. The Kier molecular flexibility index (Phi) is 8.60. The van der Waals surface area contributed by atoms with Gasteiger partial charge in [-0.2, -0.15) is 0 Å². The molecule has 0 saturated carbocycles. The van der Waals surface area contributed by atoms with Crippen molar-refractivity contribution in [2.75, 3.05) is 0 Å². The number of benzene rings is 4. The fraction of sp³-hybridized carbons (Fsp3) is 0.0600. The molecule has 5 nitrogen and oxygen atoms in total. The topological polar surface area (TPSA) is 64.5 Å². The molecule has 5 aromatic heterocycles. The van der Waals surface area contributed by atoms with Crippen molar-refractivity contribution in [3.8, 4) is 44.6 Å². The van der Waals surface area contributed by atoms with Crippen molar-refractivity contribution in [1.29, 1.82) is 0 Å². The Morgan fingerprint density at radius 2 is 1.16 bits per heavy atom. The van der Waals surface area contributed by atoms with Crippen LogP contribution in [0.4, 0.5) is 0 Å². The maximum absolute atomic E-state index is 5.52. The Morgan fingerprint density at radius 1 is 0.527 bits per heavy atom. The van der Waals surface area contributed by atoms with Crippen LogP contribution in [-0.2, 0) is 0 Å². The normalized spacial score (nSPS) is 12.0. The summed E-state index contributed by atoms with van der Waals surface area (Å²) in [7, 11) is 0. The first-order valence-corrected chi connectivity index (χ1v) is 18.5. The van der Waals surface area contributed by atoms with Crippen molar-refractivity contribution >= 4 is 48.9 Å². The summed E-state index contributed by atoms with van der Waals surface area (Å²) in [5, 5.41) is 6.85. The van der Waals surface area contributed by atoms with Gasteiger partial charge in [0.2, 0.25) is 0 Å². The average molecular weight is 708 g/mol. The molecule has 0 spiro atoms. The molecule has 0 unspecified atom stereocenters. The molecule has 0 amide bonds. The van der Waals surface area contributed by atoms with Crippen LogP contribution in [0.15, 0.2) is 165 Å². The zero-order chi connectivity index (χ0) is 37.5. The Morgan fingerprint density at radius 3 is 1.82 bits per heavy atom. The molecule has 0 aliphatic rings. The molecule has 9 rings (SSSR count). The number of pyridine rings is 5. The molecule has 4 aromatic carbocycles. The van der Waals surface area contributed by atoms with Crippen LogP contribution >= 0.6 is 0 Å². The van der Waals surface area contributed by atoms with Gasteiger partial charge in [-0.05, 0) is 148 Å². The third-order valence-electron chi connectivity index (χ3n) is 10.6. The van der Waals surface area contributed by atoms with E-state index in [0.717, 1.165) is 88.5 Å². The van der Waals surface area contributed by atoms with Gasteiger partial charge in [0, 0.05) is 64.3 Å². The van der Waals surface area contributed by atoms with E-state index in [1.54, 1.807) is 0 Å². The number of aryl methyl sites for hydroxylation is 2. The Labute approximate surface area is 320 Å². The van der Waals surface area contributed by atoms with Gasteiger partial charge in [-0.25, -0.2) is 9.97 Å². The third-order valence-corrected chi connectivity index (χ3v) is 10.6. The van der Waals surface area contributed by atoms with Gasteiger partial charge < -0.3 is 0 Å².